The highest BCUT2D eigenvalue weighted by Gasteiger charge is 2.59. The predicted octanol–water partition coefficient (Wildman–Crippen LogP) is 19.7. The van der Waals surface area contributed by atoms with Gasteiger partial charge < -0.3 is 14.7 Å². The Morgan fingerprint density at radius 3 is 1.52 bits per heavy atom. The van der Waals surface area contributed by atoms with Crippen LogP contribution in [0.4, 0.5) is 45.5 Å². The van der Waals surface area contributed by atoms with E-state index in [4.69, 9.17) is 0 Å². The maximum Gasteiger partial charge on any atom is 0.252 e. The van der Waals surface area contributed by atoms with E-state index in [9.17, 15) is 0 Å². The van der Waals surface area contributed by atoms with E-state index in [0.29, 0.717) is 0 Å². The monoisotopic (exact) mass is 1080 g/mol. The zero-order chi connectivity index (χ0) is 58.6. The third kappa shape index (κ3) is 8.00. The number of fused-ring (bicyclic) bond motifs is 9. The molecule has 0 radical (unpaired) electrons. The summed E-state index contributed by atoms with van der Waals surface area (Å²) in [5.74, 6) is 0. The van der Waals surface area contributed by atoms with Crippen molar-refractivity contribution in [2.75, 3.05) is 14.7 Å². The van der Waals surface area contributed by atoms with Crippen LogP contribution >= 0.6 is 0 Å². The van der Waals surface area contributed by atoms with Crippen LogP contribution in [0.25, 0.3) is 11.1 Å². The van der Waals surface area contributed by atoms with E-state index < -0.39 is 0 Å². The van der Waals surface area contributed by atoms with Crippen LogP contribution in [0.3, 0.4) is 0 Å². The highest BCUT2D eigenvalue weighted by Crippen LogP contribution is 2.63. The average Bonchev–Trinajstić information content (AvgIpc) is 1.22. The van der Waals surface area contributed by atoms with Crippen molar-refractivity contribution in [3.05, 3.63) is 171 Å². The molecule has 0 N–H and O–H groups in total. The SMILES string of the molecule is Cc1cc2c(cc1N1c3cc(C(C)(C)C)ccc3B3c4cc5c(cc4N(c4ccc(C(C)(C)C)cc4-c4ccccc4)c4cc(N6c7ccc(C(C)(C)C)cc7C7(C)CCCCC67C)cc1c43)C(C)(C)CCC5(C)C)C(C)(C)CC2(C)C. The molecular formula is C78H94BN3. The Kier molecular flexibility index (Phi) is 11.8. The summed E-state index contributed by atoms with van der Waals surface area (Å²) in [6.45, 7) is 49.1. The Morgan fingerprint density at radius 2 is 0.902 bits per heavy atom. The summed E-state index contributed by atoms with van der Waals surface area (Å²) in [5.41, 5.74) is 29.9. The van der Waals surface area contributed by atoms with E-state index >= 15 is 0 Å². The lowest BCUT2D eigenvalue weighted by Crippen LogP contribution is -2.62. The van der Waals surface area contributed by atoms with E-state index in [1.54, 1.807) is 0 Å². The molecule has 3 nitrogen and oxygen atoms in total. The van der Waals surface area contributed by atoms with E-state index in [0.717, 1.165) is 25.7 Å². The number of nitrogens with zero attached hydrogens (tertiary/aromatic N) is 3. The Morgan fingerprint density at radius 1 is 0.402 bits per heavy atom. The molecule has 3 heterocycles. The molecule has 3 aliphatic carbocycles. The van der Waals surface area contributed by atoms with Gasteiger partial charge in [-0.2, -0.15) is 0 Å². The second-order valence-electron chi connectivity index (χ2n) is 32.9. The smallest absolute Gasteiger partial charge is 0.252 e. The molecule has 0 saturated heterocycles. The molecule has 2 atom stereocenters. The van der Waals surface area contributed by atoms with Crippen molar-refractivity contribution in [1.29, 1.82) is 0 Å². The fourth-order valence-electron chi connectivity index (χ4n) is 17.2. The molecule has 7 aromatic rings. The van der Waals surface area contributed by atoms with Gasteiger partial charge in [0.05, 0.1) is 11.2 Å². The lowest BCUT2D eigenvalue weighted by molar-refractivity contribution is 0.195. The van der Waals surface area contributed by atoms with E-state index in [-0.39, 0.29) is 55.6 Å². The first kappa shape index (κ1) is 55.2. The Bertz CT molecular complexity index is 3810. The van der Waals surface area contributed by atoms with Crippen LogP contribution < -0.4 is 31.1 Å². The molecule has 4 heteroatoms. The lowest BCUT2D eigenvalue weighted by Gasteiger charge is -2.51. The summed E-state index contributed by atoms with van der Waals surface area (Å²) >= 11 is 0. The molecule has 7 aromatic carbocycles. The van der Waals surface area contributed by atoms with Gasteiger partial charge in [0, 0.05) is 50.8 Å². The third-order valence-corrected chi connectivity index (χ3v) is 22.2. The maximum atomic E-state index is 2.88. The van der Waals surface area contributed by atoms with Gasteiger partial charge in [0.15, 0.2) is 0 Å². The van der Waals surface area contributed by atoms with Crippen LogP contribution in [0, 0.1) is 6.92 Å². The standard InChI is InChI=1S/C78H94BN3/c1-48-38-55-58(76(17,18)47-75(55,15)16)45-64(48)81-65-41-52(72(8,9)10)28-31-60(65)79-61-44-56-57(74(13,14)37-36-73(56,11)12)46-66(61)80(62-32-29-50(70(2,3)4)39-54(62)49-26-22-21-23-27-49)67-42-53(43-68(81)69(67)79)82-63-33-30-51(71(5,6)7)40-59(63)77(19)34-24-25-35-78(77,82)20/h21-23,26-33,38-46H,24-25,34-37,47H2,1-20H3. The summed E-state index contributed by atoms with van der Waals surface area (Å²) in [5, 5.41) is 0. The van der Waals surface area contributed by atoms with Crippen LogP contribution in [0.2, 0.25) is 0 Å². The first-order valence-electron chi connectivity index (χ1n) is 31.6. The highest BCUT2D eigenvalue weighted by atomic mass is 15.3. The fourth-order valence-corrected chi connectivity index (χ4v) is 17.2. The number of benzene rings is 7. The largest absolute Gasteiger partial charge is 0.334 e. The second-order valence-corrected chi connectivity index (χ2v) is 32.9. The quantitative estimate of drug-likeness (QED) is 0.163. The average molecular weight is 1080 g/mol. The molecule has 1 fully saturated rings. The molecule has 0 amide bonds. The van der Waals surface area contributed by atoms with Gasteiger partial charge in [-0.25, -0.2) is 0 Å². The first-order valence-corrected chi connectivity index (χ1v) is 31.6. The van der Waals surface area contributed by atoms with Crippen LogP contribution in [0.15, 0.2) is 121 Å². The van der Waals surface area contributed by atoms with Gasteiger partial charge in [-0.3, -0.25) is 0 Å². The molecule has 82 heavy (non-hydrogen) atoms. The molecule has 0 spiro atoms. The molecule has 424 valence electrons. The van der Waals surface area contributed by atoms with Crippen molar-refractivity contribution < 1.29 is 0 Å². The van der Waals surface area contributed by atoms with Crippen LogP contribution in [-0.2, 0) is 43.3 Å². The van der Waals surface area contributed by atoms with Gasteiger partial charge in [0.25, 0.3) is 6.71 Å². The van der Waals surface area contributed by atoms with Gasteiger partial charge in [0.2, 0.25) is 0 Å². The number of rotatable bonds is 4. The van der Waals surface area contributed by atoms with Crippen molar-refractivity contribution in [3.8, 4) is 11.1 Å². The van der Waals surface area contributed by atoms with E-state index in [1.807, 2.05) is 0 Å². The summed E-state index contributed by atoms with van der Waals surface area (Å²) < 4.78 is 0. The Labute approximate surface area is 495 Å². The van der Waals surface area contributed by atoms with Gasteiger partial charge in [0.1, 0.15) is 0 Å². The minimum absolute atomic E-state index is 0.00128. The minimum atomic E-state index is -0.171. The molecule has 2 unspecified atom stereocenters. The highest BCUT2D eigenvalue weighted by molar-refractivity contribution is 7.00. The van der Waals surface area contributed by atoms with Crippen molar-refractivity contribution in [2.24, 2.45) is 0 Å². The summed E-state index contributed by atoms with van der Waals surface area (Å²) in [6.07, 6.45) is 8.21. The van der Waals surface area contributed by atoms with E-state index in [2.05, 4.69) is 275 Å². The third-order valence-electron chi connectivity index (χ3n) is 22.2. The molecule has 0 aromatic heterocycles. The minimum Gasteiger partial charge on any atom is -0.334 e. The first-order chi connectivity index (χ1) is 38.2. The maximum absolute atomic E-state index is 2.88. The number of hydrogen-bond acceptors (Lipinski definition) is 3. The summed E-state index contributed by atoms with van der Waals surface area (Å²) in [4.78, 5) is 8.46. The fraction of sp³-hybridized carbons (Fsp3) is 0.462. The van der Waals surface area contributed by atoms with Crippen LogP contribution in [0.1, 0.15) is 227 Å². The van der Waals surface area contributed by atoms with Crippen molar-refractivity contribution in [3.63, 3.8) is 0 Å². The Hall–Kier alpha value is -6.00. The zero-order valence-corrected chi connectivity index (χ0v) is 53.9. The topological polar surface area (TPSA) is 9.72 Å². The van der Waals surface area contributed by atoms with E-state index in [1.165, 1.54) is 142 Å². The molecular weight excluding hydrogens is 990 g/mol. The van der Waals surface area contributed by atoms with Gasteiger partial charge >= 0.3 is 0 Å². The molecule has 0 bridgehead atoms. The number of aryl methyl sites for hydroxylation is 1. The van der Waals surface area contributed by atoms with Gasteiger partial charge in [-0.1, -0.05) is 210 Å². The molecule has 1 saturated carbocycles. The Balaban J connectivity index is 1.22. The normalized spacial score (nSPS) is 22.4. The van der Waals surface area contributed by atoms with Crippen molar-refractivity contribution in [1.82, 2.24) is 0 Å². The molecule has 6 aliphatic rings. The number of hydrogen-bond donors (Lipinski definition) is 0. The van der Waals surface area contributed by atoms with Gasteiger partial charge in [-0.15, -0.1) is 0 Å². The summed E-state index contributed by atoms with van der Waals surface area (Å²) in [6, 6.07) is 50.1. The lowest BCUT2D eigenvalue weighted by atomic mass is 9.33. The van der Waals surface area contributed by atoms with Crippen LogP contribution in [-0.4, -0.2) is 12.3 Å². The number of anilines is 8. The molecule has 13 rings (SSSR count). The second kappa shape index (κ2) is 17.5. The molecule has 3 aliphatic heterocycles. The van der Waals surface area contributed by atoms with Crippen LogP contribution in [0.5, 0.6) is 0 Å². The zero-order valence-electron chi connectivity index (χ0n) is 53.9. The summed E-state index contributed by atoms with van der Waals surface area (Å²) in [7, 11) is 0. The predicted molar refractivity (Wildman–Crippen MR) is 355 cm³/mol. The van der Waals surface area contributed by atoms with Gasteiger partial charge in [-0.05, 0) is 204 Å². The van der Waals surface area contributed by atoms with Crippen molar-refractivity contribution in [2.45, 2.75) is 232 Å². The van der Waals surface area contributed by atoms with Crippen molar-refractivity contribution >= 4 is 68.6 Å².